The number of carboxylic acids is 1. The van der Waals surface area contributed by atoms with Crippen LogP contribution in [0.5, 0.6) is 0 Å². The van der Waals surface area contributed by atoms with E-state index >= 15 is 0 Å². The van der Waals surface area contributed by atoms with E-state index in [1.54, 1.807) is 25.2 Å². The summed E-state index contributed by atoms with van der Waals surface area (Å²) in [6.07, 6.45) is 4.86. The maximum absolute atomic E-state index is 13.2. The maximum Gasteiger partial charge on any atom is 0.306 e. The van der Waals surface area contributed by atoms with Crippen LogP contribution in [0.2, 0.25) is 0 Å². The van der Waals surface area contributed by atoms with Crippen LogP contribution >= 0.6 is 0 Å². The van der Waals surface area contributed by atoms with Crippen molar-refractivity contribution in [3.8, 4) is 0 Å². The highest BCUT2D eigenvalue weighted by atomic mass is 16.4. The third kappa shape index (κ3) is 3.75. The molecular formula is C22H24N3O6+. The van der Waals surface area contributed by atoms with Crippen LogP contribution < -0.4 is 5.32 Å². The molecule has 0 radical (unpaired) electrons. The first-order valence-corrected chi connectivity index (χ1v) is 10.4. The number of aliphatic carboxylic acids is 1. The maximum atomic E-state index is 13.2. The van der Waals surface area contributed by atoms with Crippen LogP contribution in [0.25, 0.3) is 0 Å². The second-order valence-corrected chi connectivity index (χ2v) is 8.36. The Morgan fingerprint density at radius 1 is 1.10 bits per heavy atom. The first-order valence-electron chi connectivity index (χ1n) is 10.4. The van der Waals surface area contributed by atoms with Gasteiger partial charge in [-0.3, -0.25) is 34.2 Å². The molecule has 31 heavy (non-hydrogen) atoms. The van der Waals surface area contributed by atoms with Crippen molar-refractivity contribution in [3.05, 3.63) is 29.3 Å². The molecule has 2 fully saturated rings. The van der Waals surface area contributed by atoms with Gasteiger partial charge in [0.2, 0.25) is 17.5 Å². The lowest BCUT2D eigenvalue weighted by Crippen LogP contribution is -2.54. The summed E-state index contributed by atoms with van der Waals surface area (Å²) in [4.78, 5) is 62.0. The van der Waals surface area contributed by atoms with Gasteiger partial charge in [0.15, 0.2) is 0 Å². The molecular weight excluding hydrogens is 402 g/mol. The summed E-state index contributed by atoms with van der Waals surface area (Å²) < 4.78 is 1.81. The number of imide groups is 2. The van der Waals surface area contributed by atoms with Gasteiger partial charge in [-0.15, -0.1) is 0 Å². The van der Waals surface area contributed by atoms with Gasteiger partial charge in [-0.2, -0.15) is 0 Å². The van der Waals surface area contributed by atoms with E-state index in [9.17, 15) is 24.0 Å². The SMILES string of the molecule is C[N+](=CC1CCC(C(=O)O)CC1)c1cccc2c1C(=O)N(C1CCC(=O)NC1=O)C2=O. The van der Waals surface area contributed by atoms with Crippen molar-refractivity contribution in [2.75, 3.05) is 7.05 Å². The van der Waals surface area contributed by atoms with Crippen molar-refractivity contribution in [1.82, 2.24) is 10.2 Å². The topological polar surface area (TPSA) is 124 Å². The summed E-state index contributed by atoms with van der Waals surface area (Å²) in [7, 11) is 1.80. The highest BCUT2D eigenvalue weighted by Crippen LogP contribution is 2.34. The lowest BCUT2D eigenvalue weighted by atomic mass is 9.82. The van der Waals surface area contributed by atoms with Crippen LogP contribution in [-0.2, 0) is 14.4 Å². The molecule has 162 valence electrons. The molecule has 0 bridgehead atoms. The number of nitrogens with one attached hydrogen (secondary N) is 1. The Balaban J connectivity index is 1.59. The number of nitrogens with zero attached hydrogens (tertiary/aromatic N) is 2. The van der Waals surface area contributed by atoms with Crippen LogP contribution in [-0.4, -0.2) is 63.5 Å². The molecule has 1 atom stereocenters. The van der Waals surface area contributed by atoms with E-state index in [0.717, 1.165) is 17.7 Å². The average molecular weight is 426 g/mol. The highest BCUT2D eigenvalue weighted by Gasteiger charge is 2.47. The minimum Gasteiger partial charge on any atom is -0.481 e. The van der Waals surface area contributed by atoms with E-state index in [4.69, 9.17) is 5.11 Å². The molecule has 4 amide bonds. The third-order valence-corrected chi connectivity index (χ3v) is 6.38. The standard InChI is InChI=1S/C22H23N3O6/c1-24(11-12-5-7-13(8-6-12)22(30)31)15-4-2-3-14-18(15)21(29)25(20(14)28)16-9-10-17(26)23-19(16)27/h2-4,11-13,16H,5-10H2,1H3,(H-,23,26,27,30,31)/p+1. The minimum atomic E-state index is -1.00. The number of hydrogen-bond acceptors (Lipinski definition) is 5. The molecule has 2 heterocycles. The lowest BCUT2D eigenvalue weighted by molar-refractivity contribution is -0.402. The number of amides is 4. The molecule has 1 aromatic carbocycles. The van der Waals surface area contributed by atoms with Gasteiger partial charge in [0, 0.05) is 18.4 Å². The monoisotopic (exact) mass is 426 g/mol. The second-order valence-electron chi connectivity index (χ2n) is 8.36. The summed E-state index contributed by atoms with van der Waals surface area (Å²) in [6, 6.07) is 4.01. The van der Waals surface area contributed by atoms with Gasteiger partial charge in [0.25, 0.3) is 11.8 Å². The first-order chi connectivity index (χ1) is 14.8. The van der Waals surface area contributed by atoms with Gasteiger partial charge in [-0.1, -0.05) is 6.07 Å². The second kappa shape index (κ2) is 8.05. The van der Waals surface area contributed by atoms with Crippen LogP contribution in [0.15, 0.2) is 18.2 Å². The zero-order valence-corrected chi connectivity index (χ0v) is 17.2. The quantitative estimate of drug-likeness (QED) is 0.425. The predicted molar refractivity (Wildman–Crippen MR) is 108 cm³/mol. The fourth-order valence-electron chi connectivity index (χ4n) is 4.70. The third-order valence-electron chi connectivity index (χ3n) is 6.38. The summed E-state index contributed by atoms with van der Waals surface area (Å²) in [6.45, 7) is 0. The Kier molecular flexibility index (Phi) is 5.43. The highest BCUT2D eigenvalue weighted by molar-refractivity contribution is 6.25. The molecule has 1 saturated heterocycles. The fourth-order valence-corrected chi connectivity index (χ4v) is 4.70. The molecule has 3 aliphatic rings. The largest absolute Gasteiger partial charge is 0.481 e. The molecule has 9 heteroatoms. The average Bonchev–Trinajstić information content (AvgIpc) is 2.99. The summed E-state index contributed by atoms with van der Waals surface area (Å²) in [5, 5.41) is 11.4. The number of rotatable bonds is 4. The summed E-state index contributed by atoms with van der Waals surface area (Å²) in [5.74, 6) is -3.02. The molecule has 0 aromatic heterocycles. The van der Waals surface area contributed by atoms with E-state index in [-0.39, 0.29) is 35.8 Å². The Labute approximate surface area is 178 Å². The first kappa shape index (κ1) is 20.9. The van der Waals surface area contributed by atoms with Crippen LogP contribution in [0.3, 0.4) is 0 Å². The van der Waals surface area contributed by atoms with Gasteiger partial charge < -0.3 is 5.11 Å². The van der Waals surface area contributed by atoms with Crippen LogP contribution in [0.1, 0.15) is 59.2 Å². The zero-order valence-electron chi connectivity index (χ0n) is 17.2. The van der Waals surface area contributed by atoms with Crippen molar-refractivity contribution >= 4 is 41.5 Å². The Morgan fingerprint density at radius 2 is 1.81 bits per heavy atom. The molecule has 1 aromatic rings. The van der Waals surface area contributed by atoms with E-state index in [0.29, 0.717) is 18.5 Å². The molecule has 0 spiro atoms. The van der Waals surface area contributed by atoms with E-state index in [1.807, 2.05) is 10.8 Å². The Morgan fingerprint density at radius 3 is 2.45 bits per heavy atom. The lowest BCUT2D eigenvalue weighted by Gasteiger charge is -2.27. The van der Waals surface area contributed by atoms with E-state index in [1.165, 1.54) is 0 Å². The van der Waals surface area contributed by atoms with Gasteiger partial charge in [0.05, 0.1) is 11.5 Å². The number of fused-ring (bicyclic) bond motifs is 1. The molecule has 9 nitrogen and oxygen atoms in total. The number of carbonyl (C=O) groups excluding carboxylic acids is 4. The number of benzene rings is 1. The summed E-state index contributed by atoms with van der Waals surface area (Å²) in [5.41, 5.74) is 1.04. The normalized spacial score (nSPS) is 26.7. The smallest absolute Gasteiger partial charge is 0.306 e. The minimum absolute atomic E-state index is 0.0728. The molecule has 1 saturated carbocycles. The summed E-state index contributed by atoms with van der Waals surface area (Å²) >= 11 is 0. The van der Waals surface area contributed by atoms with Crippen molar-refractivity contribution < 1.29 is 33.7 Å². The van der Waals surface area contributed by atoms with Crippen molar-refractivity contribution in [1.29, 1.82) is 0 Å². The van der Waals surface area contributed by atoms with Crippen molar-refractivity contribution in [2.24, 2.45) is 11.8 Å². The number of carbonyl (C=O) groups is 5. The van der Waals surface area contributed by atoms with Gasteiger partial charge >= 0.3 is 5.97 Å². The van der Waals surface area contributed by atoms with Crippen LogP contribution in [0, 0.1) is 11.8 Å². The van der Waals surface area contributed by atoms with Crippen molar-refractivity contribution in [3.63, 3.8) is 0 Å². The van der Waals surface area contributed by atoms with Crippen LogP contribution in [0.4, 0.5) is 5.69 Å². The van der Waals surface area contributed by atoms with E-state index < -0.39 is 35.6 Å². The van der Waals surface area contributed by atoms with E-state index in [2.05, 4.69) is 5.32 Å². The molecule has 1 aliphatic carbocycles. The molecule has 2 N–H and O–H groups in total. The molecule has 1 unspecified atom stereocenters. The number of carboxylic acid groups (broad SMARTS) is 1. The van der Waals surface area contributed by atoms with Gasteiger partial charge in [-0.25, -0.2) is 4.58 Å². The number of piperidine rings is 1. The molecule has 2 aliphatic heterocycles. The number of hydrogen-bond donors (Lipinski definition) is 2. The fraction of sp³-hybridized carbons (Fsp3) is 0.455. The predicted octanol–water partition coefficient (Wildman–Crippen LogP) is 1.32. The van der Waals surface area contributed by atoms with Gasteiger partial charge in [0.1, 0.15) is 24.9 Å². The Bertz CT molecular complexity index is 1020. The van der Waals surface area contributed by atoms with Crippen molar-refractivity contribution in [2.45, 2.75) is 44.6 Å². The molecule has 4 rings (SSSR count). The van der Waals surface area contributed by atoms with Gasteiger partial charge in [-0.05, 0) is 38.2 Å². The zero-order chi connectivity index (χ0) is 22.3. The Hall–Kier alpha value is -3.36.